The zero-order valence-corrected chi connectivity index (χ0v) is 22.4. The third-order valence-corrected chi connectivity index (χ3v) is 5.80. The number of amides is 1. The van der Waals surface area contributed by atoms with Crippen LogP contribution < -0.4 is 19.3 Å². The van der Waals surface area contributed by atoms with E-state index < -0.39 is 14.0 Å². The number of benzene rings is 2. The van der Waals surface area contributed by atoms with E-state index >= 15 is 0 Å². The van der Waals surface area contributed by atoms with Gasteiger partial charge in [0.1, 0.15) is 12.4 Å². The van der Waals surface area contributed by atoms with Gasteiger partial charge in [0.15, 0.2) is 11.5 Å². The molecule has 0 aliphatic rings. The van der Waals surface area contributed by atoms with E-state index in [9.17, 15) is 14.2 Å². The molecule has 37 heavy (non-hydrogen) atoms. The Morgan fingerprint density at radius 2 is 1.62 bits per heavy atom. The molecular formula is C26H36NO9P. The largest absolute Gasteiger partial charge is 0.524 e. The van der Waals surface area contributed by atoms with Crippen LogP contribution in [0.1, 0.15) is 63.5 Å². The molecule has 2 rings (SSSR count). The summed E-state index contributed by atoms with van der Waals surface area (Å²) in [5.74, 6) is 1.17. The van der Waals surface area contributed by atoms with Crippen molar-refractivity contribution in [2.24, 2.45) is 5.92 Å². The van der Waals surface area contributed by atoms with Gasteiger partial charge in [-0.1, -0.05) is 57.7 Å². The van der Waals surface area contributed by atoms with Crippen molar-refractivity contribution in [3.05, 3.63) is 53.6 Å². The van der Waals surface area contributed by atoms with Gasteiger partial charge in [0.25, 0.3) is 0 Å². The van der Waals surface area contributed by atoms with Crippen LogP contribution in [0.15, 0.2) is 42.5 Å². The average Bonchev–Trinajstić information content (AvgIpc) is 2.84. The van der Waals surface area contributed by atoms with Crippen molar-refractivity contribution in [2.75, 3.05) is 7.11 Å². The molecule has 2 aromatic carbocycles. The van der Waals surface area contributed by atoms with Crippen LogP contribution in [-0.4, -0.2) is 29.0 Å². The molecule has 0 unspecified atom stereocenters. The Morgan fingerprint density at radius 3 is 2.27 bits per heavy atom. The second-order valence-electron chi connectivity index (χ2n) is 8.98. The maximum atomic E-state index is 12.1. The molecule has 0 aliphatic carbocycles. The highest BCUT2D eigenvalue weighted by Crippen LogP contribution is 2.37. The molecule has 0 bridgehead atoms. The van der Waals surface area contributed by atoms with Crippen LogP contribution in [0.4, 0.5) is 4.79 Å². The summed E-state index contributed by atoms with van der Waals surface area (Å²) >= 11 is 0. The number of rotatable bonds is 15. The lowest BCUT2D eigenvalue weighted by Gasteiger charge is -2.12. The number of unbranched alkanes of at least 4 members (excludes halogenated alkanes) is 3. The number of hydrogen-bond acceptors (Lipinski definition) is 7. The fourth-order valence-electron chi connectivity index (χ4n) is 3.43. The summed E-state index contributed by atoms with van der Waals surface area (Å²) in [7, 11) is -3.20. The molecule has 204 valence electrons. The predicted octanol–water partition coefficient (Wildman–Crippen LogP) is 5.50. The van der Waals surface area contributed by atoms with Gasteiger partial charge in [-0.15, -0.1) is 0 Å². The molecule has 0 atom stereocenters. The van der Waals surface area contributed by atoms with E-state index in [4.69, 9.17) is 24.0 Å². The second kappa shape index (κ2) is 15.2. The molecule has 1 amide bonds. The second-order valence-corrected chi connectivity index (χ2v) is 10.1. The van der Waals surface area contributed by atoms with E-state index in [0.717, 1.165) is 24.8 Å². The third kappa shape index (κ3) is 12.6. The van der Waals surface area contributed by atoms with Crippen molar-refractivity contribution in [3.63, 3.8) is 0 Å². The fourth-order valence-corrected chi connectivity index (χ4v) is 3.83. The van der Waals surface area contributed by atoms with Crippen LogP contribution in [0, 0.1) is 5.92 Å². The smallest absolute Gasteiger partial charge is 0.493 e. The van der Waals surface area contributed by atoms with Gasteiger partial charge in [-0.05, 0) is 47.7 Å². The van der Waals surface area contributed by atoms with Crippen molar-refractivity contribution < 1.29 is 42.7 Å². The summed E-state index contributed by atoms with van der Waals surface area (Å²) in [6, 6.07) is 10.6. The van der Waals surface area contributed by atoms with E-state index in [1.807, 2.05) is 0 Å². The number of methoxy groups -OCH3 is 1. The van der Waals surface area contributed by atoms with E-state index in [-0.39, 0.29) is 24.0 Å². The molecule has 2 aromatic rings. The van der Waals surface area contributed by atoms with Crippen molar-refractivity contribution in [2.45, 2.75) is 65.5 Å². The number of carbonyl (C=O) groups excluding carboxylic acids is 2. The average molecular weight is 538 g/mol. The minimum Gasteiger partial charge on any atom is -0.493 e. The molecule has 0 aromatic heterocycles. The van der Waals surface area contributed by atoms with Gasteiger partial charge < -0.3 is 24.1 Å². The number of phosphoric ester groups is 1. The number of hydrogen-bond donors (Lipinski definition) is 3. The van der Waals surface area contributed by atoms with E-state index in [1.54, 1.807) is 18.2 Å². The van der Waals surface area contributed by atoms with Crippen LogP contribution in [-0.2, 0) is 27.2 Å². The SMILES string of the molecule is COc1cc(CNC(=O)CCCCCCC(C)C)ccc1OC(=O)OCc1ccc(OP(=O)(O)O)cc1. The molecular weight excluding hydrogens is 501 g/mol. The Balaban J connectivity index is 1.76. The molecule has 3 N–H and O–H groups in total. The number of nitrogens with one attached hydrogen (secondary N) is 1. The van der Waals surface area contributed by atoms with Crippen LogP contribution in [0.2, 0.25) is 0 Å². The van der Waals surface area contributed by atoms with E-state index in [0.29, 0.717) is 30.2 Å². The normalized spacial score (nSPS) is 11.2. The molecule has 0 radical (unpaired) electrons. The van der Waals surface area contributed by atoms with Gasteiger partial charge in [0.05, 0.1) is 7.11 Å². The molecule has 0 heterocycles. The molecule has 11 heteroatoms. The summed E-state index contributed by atoms with van der Waals surface area (Å²) in [6.45, 7) is 4.63. The fraction of sp³-hybridized carbons (Fsp3) is 0.462. The van der Waals surface area contributed by atoms with Gasteiger partial charge in [-0.2, -0.15) is 0 Å². The molecule has 0 saturated heterocycles. The zero-order chi connectivity index (χ0) is 27.3. The molecule has 0 aliphatic heterocycles. The van der Waals surface area contributed by atoms with E-state index in [2.05, 4.69) is 23.7 Å². The van der Waals surface area contributed by atoms with Gasteiger partial charge in [-0.25, -0.2) is 9.36 Å². The number of ether oxygens (including phenoxy) is 3. The van der Waals surface area contributed by atoms with Crippen LogP contribution in [0.25, 0.3) is 0 Å². The lowest BCUT2D eigenvalue weighted by Crippen LogP contribution is -2.22. The van der Waals surface area contributed by atoms with Gasteiger partial charge in [-0.3, -0.25) is 14.6 Å². The van der Waals surface area contributed by atoms with Crippen LogP contribution in [0.3, 0.4) is 0 Å². The first-order valence-electron chi connectivity index (χ1n) is 12.2. The minimum atomic E-state index is -4.64. The van der Waals surface area contributed by atoms with Gasteiger partial charge in [0.2, 0.25) is 5.91 Å². The van der Waals surface area contributed by atoms with Crippen LogP contribution >= 0.6 is 7.82 Å². The van der Waals surface area contributed by atoms with Crippen molar-refractivity contribution in [1.29, 1.82) is 0 Å². The lowest BCUT2D eigenvalue weighted by molar-refractivity contribution is -0.121. The van der Waals surface area contributed by atoms with Crippen molar-refractivity contribution in [1.82, 2.24) is 5.32 Å². The summed E-state index contributed by atoms with van der Waals surface area (Å²) in [5.41, 5.74) is 1.35. The molecule has 0 fully saturated rings. The molecule has 0 spiro atoms. The van der Waals surface area contributed by atoms with E-state index in [1.165, 1.54) is 44.2 Å². The topological polar surface area (TPSA) is 141 Å². The van der Waals surface area contributed by atoms with Gasteiger partial charge >= 0.3 is 14.0 Å². The highest BCUT2D eigenvalue weighted by atomic mass is 31.2. The van der Waals surface area contributed by atoms with Crippen molar-refractivity contribution in [3.8, 4) is 17.2 Å². The summed E-state index contributed by atoms with van der Waals surface area (Å²) < 4.78 is 30.9. The summed E-state index contributed by atoms with van der Waals surface area (Å²) in [6.07, 6.45) is 5.02. The standard InChI is InChI=1S/C26H36NO9P/c1-19(2)8-6-4-5-7-9-25(28)27-17-21-12-15-23(24(16-21)33-3)35-26(29)34-18-20-10-13-22(14-11-20)36-37(30,31)32/h10-16,19H,4-9,17-18H2,1-3H3,(H,27,28)(H2,30,31,32). The Morgan fingerprint density at radius 1 is 0.946 bits per heavy atom. The van der Waals surface area contributed by atoms with Gasteiger partial charge in [0, 0.05) is 13.0 Å². The Hall–Kier alpha value is -3.07. The first-order chi connectivity index (χ1) is 17.6. The summed E-state index contributed by atoms with van der Waals surface area (Å²) in [4.78, 5) is 41.9. The maximum Gasteiger partial charge on any atom is 0.524 e. The highest BCUT2D eigenvalue weighted by Gasteiger charge is 2.16. The van der Waals surface area contributed by atoms with Crippen LogP contribution in [0.5, 0.6) is 17.2 Å². The Bertz CT molecular complexity index is 1050. The monoisotopic (exact) mass is 537 g/mol. The highest BCUT2D eigenvalue weighted by molar-refractivity contribution is 7.46. The summed E-state index contributed by atoms with van der Waals surface area (Å²) in [5, 5.41) is 2.90. The molecule has 10 nitrogen and oxygen atoms in total. The third-order valence-electron chi connectivity index (χ3n) is 5.35. The first kappa shape index (κ1) is 30.2. The minimum absolute atomic E-state index is 0.00643. The maximum absolute atomic E-state index is 12.1. The lowest BCUT2D eigenvalue weighted by atomic mass is 10.0. The quantitative estimate of drug-likeness (QED) is 0.116. The number of carbonyl (C=O) groups is 2. The molecule has 0 saturated carbocycles. The zero-order valence-electron chi connectivity index (χ0n) is 21.5. The first-order valence-corrected chi connectivity index (χ1v) is 13.7. The predicted molar refractivity (Wildman–Crippen MR) is 137 cm³/mol. The Kier molecular flexibility index (Phi) is 12.4. The number of phosphoric acid groups is 1. The van der Waals surface area contributed by atoms with Crippen molar-refractivity contribution >= 4 is 19.9 Å². The Labute approximate surface area is 217 Å².